The van der Waals surface area contributed by atoms with Crippen LogP contribution in [-0.2, 0) is 0 Å². The van der Waals surface area contributed by atoms with E-state index in [0.717, 1.165) is 16.8 Å². The van der Waals surface area contributed by atoms with Gasteiger partial charge in [0.05, 0.1) is 6.04 Å². The van der Waals surface area contributed by atoms with Crippen LogP contribution in [0.2, 0.25) is 0 Å². The van der Waals surface area contributed by atoms with Crippen molar-refractivity contribution in [1.29, 1.82) is 0 Å². The van der Waals surface area contributed by atoms with Gasteiger partial charge in [-0.1, -0.05) is 23.8 Å². The van der Waals surface area contributed by atoms with Gasteiger partial charge in [-0.25, -0.2) is 4.79 Å². The summed E-state index contributed by atoms with van der Waals surface area (Å²) in [4.78, 5) is 15.9. The lowest BCUT2D eigenvalue weighted by Gasteiger charge is -2.14. The summed E-state index contributed by atoms with van der Waals surface area (Å²) in [6, 6.07) is 11.2. The van der Waals surface area contributed by atoms with E-state index in [4.69, 9.17) is 0 Å². The van der Waals surface area contributed by atoms with E-state index in [0.29, 0.717) is 0 Å². The molecule has 98 valence electrons. The zero-order chi connectivity index (χ0) is 13.7. The molecule has 0 aliphatic rings. The number of rotatable bonds is 3. The highest BCUT2D eigenvalue weighted by Crippen LogP contribution is 2.11. The second-order valence-corrected chi connectivity index (χ2v) is 4.47. The molecule has 2 aromatic rings. The van der Waals surface area contributed by atoms with E-state index in [1.165, 1.54) is 0 Å². The van der Waals surface area contributed by atoms with Crippen molar-refractivity contribution < 1.29 is 4.79 Å². The van der Waals surface area contributed by atoms with Gasteiger partial charge in [0, 0.05) is 18.1 Å². The minimum Gasteiger partial charge on any atom is -0.331 e. The molecule has 4 heteroatoms. The number of carbonyl (C=O) groups excluding carboxylic acids is 1. The van der Waals surface area contributed by atoms with Gasteiger partial charge < -0.3 is 10.6 Å². The van der Waals surface area contributed by atoms with Crippen molar-refractivity contribution in [2.45, 2.75) is 19.9 Å². The summed E-state index contributed by atoms with van der Waals surface area (Å²) in [6.07, 6.45) is 3.46. The van der Waals surface area contributed by atoms with Gasteiger partial charge in [0.15, 0.2) is 0 Å². The molecule has 1 atom stereocenters. The van der Waals surface area contributed by atoms with Crippen molar-refractivity contribution in [2.75, 3.05) is 5.32 Å². The summed E-state index contributed by atoms with van der Waals surface area (Å²) >= 11 is 0. The van der Waals surface area contributed by atoms with Gasteiger partial charge in [-0.05, 0) is 37.6 Å². The number of pyridine rings is 1. The van der Waals surface area contributed by atoms with Crippen LogP contribution >= 0.6 is 0 Å². The topological polar surface area (TPSA) is 54.0 Å². The van der Waals surface area contributed by atoms with Gasteiger partial charge in [-0.3, -0.25) is 4.98 Å². The van der Waals surface area contributed by atoms with Crippen molar-refractivity contribution in [3.05, 3.63) is 59.9 Å². The Morgan fingerprint density at radius 2 is 1.95 bits per heavy atom. The third kappa shape index (κ3) is 3.81. The lowest BCUT2D eigenvalue weighted by molar-refractivity contribution is 0.249. The molecular formula is C15H17N3O. The molecule has 0 bridgehead atoms. The van der Waals surface area contributed by atoms with Crippen LogP contribution in [0.25, 0.3) is 0 Å². The van der Waals surface area contributed by atoms with Crippen molar-refractivity contribution in [2.24, 2.45) is 0 Å². The number of aryl methyl sites for hydroxylation is 1. The van der Waals surface area contributed by atoms with Gasteiger partial charge in [-0.15, -0.1) is 0 Å². The molecule has 2 amide bonds. The minimum absolute atomic E-state index is 0.0841. The van der Waals surface area contributed by atoms with Crippen LogP contribution < -0.4 is 10.6 Å². The van der Waals surface area contributed by atoms with Gasteiger partial charge in [0.2, 0.25) is 0 Å². The van der Waals surface area contributed by atoms with E-state index in [1.807, 2.05) is 50.2 Å². The first-order valence-corrected chi connectivity index (χ1v) is 6.19. The standard InChI is InChI=1S/C15H17N3O/c1-11-5-7-14(8-6-11)18-15(19)17-12(2)13-4-3-9-16-10-13/h3-10,12H,1-2H3,(H2,17,18,19)/t12-/m1/s1. The molecule has 0 radical (unpaired) electrons. The first-order chi connectivity index (χ1) is 9.15. The number of nitrogens with one attached hydrogen (secondary N) is 2. The molecule has 2 rings (SSSR count). The highest BCUT2D eigenvalue weighted by molar-refractivity contribution is 5.89. The molecule has 0 saturated heterocycles. The summed E-state index contributed by atoms with van der Waals surface area (Å²) in [7, 11) is 0. The maximum Gasteiger partial charge on any atom is 0.319 e. The molecule has 0 aliphatic carbocycles. The van der Waals surface area contributed by atoms with Crippen LogP contribution in [0.5, 0.6) is 0 Å². The number of amides is 2. The number of benzene rings is 1. The van der Waals surface area contributed by atoms with E-state index in [1.54, 1.807) is 12.4 Å². The Bertz CT molecular complexity index is 537. The average molecular weight is 255 g/mol. The van der Waals surface area contributed by atoms with Crippen LogP contribution in [0.4, 0.5) is 10.5 Å². The van der Waals surface area contributed by atoms with Gasteiger partial charge in [-0.2, -0.15) is 0 Å². The van der Waals surface area contributed by atoms with Crippen molar-refractivity contribution >= 4 is 11.7 Å². The van der Waals surface area contributed by atoms with Crippen molar-refractivity contribution in [3.63, 3.8) is 0 Å². The van der Waals surface area contributed by atoms with Gasteiger partial charge >= 0.3 is 6.03 Å². The maximum atomic E-state index is 11.8. The molecular weight excluding hydrogens is 238 g/mol. The van der Waals surface area contributed by atoms with E-state index in [9.17, 15) is 4.79 Å². The number of hydrogen-bond donors (Lipinski definition) is 2. The van der Waals surface area contributed by atoms with E-state index in [-0.39, 0.29) is 12.1 Å². The quantitative estimate of drug-likeness (QED) is 0.884. The normalized spacial score (nSPS) is 11.7. The monoisotopic (exact) mass is 255 g/mol. The molecule has 0 spiro atoms. The molecule has 0 saturated carbocycles. The number of hydrogen-bond acceptors (Lipinski definition) is 2. The molecule has 0 fully saturated rings. The summed E-state index contributed by atoms with van der Waals surface area (Å²) in [6.45, 7) is 3.93. The molecule has 1 aromatic heterocycles. The Balaban J connectivity index is 1.93. The number of urea groups is 1. The minimum atomic E-state index is -0.222. The molecule has 0 aliphatic heterocycles. The molecule has 1 heterocycles. The maximum absolute atomic E-state index is 11.8. The Hall–Kier alpha value is -2.36. The summed E-state index contributed by atoms with van der Waals surface area (Å²) in [5.41, 5.74) is 2.91. The average Bonchev–Trinajstić information content (AvgIpc) is 2.42. The number of anilines is 1. The van der Waals surface area contributed by atoms with Crippen molar-refractivity contribution in [1.82, 2.24) is 10.3 Å². The molecule has 1 aromatic carbocycles. The SMILES string of the molecule is Cc1ccc(NC(=O)N[C@H](C)c2cccnc2)cc1. The lowest BCUT2D eigenvalue weighted by atomic mass is 10.1. The fraction of sp³-hybridized carbons (Fsp3) is 0.200. The molecule has 2 N–H and O–H groups in total. The molecule has 0 unspecified atom stereocenters. The van der Waals surface area contributed by atoms with Gasteiger partial charge in [0.1, 0.15) is 0 Å². The molecule has 19 heavy (non-hydrogen) atoms. The Morgan fingerprint density at radius 3 is 2.58 bits per heavy atom. The zero-order valence-corrected chi connectivity index (χ0v) is 11.1. The number of aromatic nitrogens is 1. The summed E-state index contributed by atoms with van der Waals surface area (Å²) < 4.78 is 0. The van der Waals surface area contributed by atoms with Crippen LogP contribution in [0.15, 0.2) is 48.8 Å². The Morgan fingerprint density at radius 1 is 1.21 bits per heavy atom. The van der Waals surface area contributed by atoms with Crippen LogP contribution in [0.1, 0.15) is 24.1 Å². The summed E-state index contributed by atoms with van der Waals surface area (Å²) in [5.74, 6) is 0. The fourth-order valence-electron chi connectivity index (χ4n) is 1.72. The number of nitrogens with zero attached hydrogens (tertiary/aromatic N) is 1. The van der Waals surface area contributed by atoms with E-state index in [2.05, 4.69) is 15.6 Å². The van der Waals surface area contributed by atoms with Crippen LogP contribution in [0.3, 0.4) is 0 Å². The van der Waals surface area contributed by atoms with Crippen LogP contribution in [-0.4, -0.2) is 11.0 Å². The highest BCUT2D eigenvalue weighted by Gasteiger charge is 2.09. The largest absolute Gasteiger partial charge is 0.331 e. The predicted molar refractivity (Wildman–Crippen MR) is 76.0 cm³/mol. The Labute approximate surface area is 112 Å². The van der Waals surface area contributed by atoms with Crippen LogP contribution in [0, 0.1) is 6.92 Å². The first kappa shape index (κ1) is 13.1. The lowest BCUT2D eigenvalue weighted by Crippen LogP contribution is -2.31. The van der Waals surface area contributed by atoms with Crippen molar-refractivity contribution in [3.8, 4) is 0 Å². The van der Waals surface area contributed by atoms with Gasteiger partial charge in [0.25, 0.3) is 0 Å². The number of carbonyl (C=O) groups is 1. The highest BCUT2D eigenvalue weighted by atomic mass is 16.2. The Kier molecular flexibility index (Phi) is 4.13. The van der Waals surface area contributed by atoms with E-state index >= 15 is 0 Å². The second-order valence-electron chi connectivity index (χ2n) is 4.47. The first-order valence-electron chi connectivity index (χ1n) is 6.19. The predicted octanol–water partition coefficient (Wildman–Crippen LogP) is 3.27. The third-order valence-corrected chi connectivity index (χ3v) is 2.84. The molecule has 4 nitrogen and oxygen atoms in total. The third-order valence-electron chi connectivity index (χ3n) is 2.84. The second kappa shape index (κ2) is 6.00. The summed E-state index contributed by atoms with van der Waals surface area (Å²) in [5, 5.41) is 5.67. The smallest absolute Gasteiger partial charge is 0.319 e. The van der Waals surface area contributed by atoms with E-state index < -0.39 is 0 Å². The fourth-order valence-corrected chi connectivity index (χ4v) is 1.72. The zero-order valence-electron chi connectivity index (χ0n) is 11.1.